The molecule has 0 spiro atoms. The maximum absolute atomic E-state index is 11.3. The zero-order valence-corrected chi connectivity index (χ0v) is 9.97. The Labute approximate surface area is 107 Å². The van der Waals surface area contributed by atoms with Crippen LogP contribution in [0, 0.1) is 11.3 Å². The zero-order valence-electron chi connectivity index (χ0n) is 9.97. The van der Waals surface area contributed by atoms with Crippen LogP contribution in [0.25, 0.3) is 11.1 Å². The normalized spacial score (nSPS) is 9.72. The highest BCUT2D eigenvalue weighted by molar-refractivity contribution is 5.82. The molecular formula is C16H13NO. The van der Waals surface area contributed by atoms with Crippen molar-refractivity contribution in [2.45, 2.75) is 12.8 Å². The fourth-order valence-corrected chi connectivity index (χ4v) is 1.82. The number of rotatable bonds is 4. The summed E-state index contributed by atoms with van der Waals surface area (Å²) >= 11 is 0. The molecule has 0 heterocycles. The van der Waals surface area contributed by atoms with Crippen molar-refractivity contribution in [1.29, 1.82) is 5.26 Å². The predicted octanol–water partition coefficient (Wildman–Crippen LogP) is 3.38. The van der Waals surface area contributed by atoms with Crippen molar-refractivity contribution in [2.75, 3.05) is 0 Å². The summed E-state index contributed by atoms with van der Waals surface area (Å²) in [4.78, 5) is 11.3. The summed E-state index contributed by atoms with van der Waals surface area (Å²) in [6.45, 7) is 0. The van der Waals surface area contributed by atoms with Crippen LogP contribution in [0.4, 0.5) is 0 Å². The zero-order chi connectivity index (χ0) is 12.8. The highest BCUT2D eigenvalue weighted by Gasteiger charge is 2.03. The third kappa shape index (κ3) is 3.05. The Hall–Kier alpha value is -2.40. The number of hydrogen-bond acceptors (Lipinski definition) is 2. The molecule has 0 saturated carbocycles. The topological polar surface area (TPSA) is 40.9 Å². The summed E-state index contributed by atoms with van der Waals surface area (Å²) in [6.07, 6.45) is 0.322. The van der Waals surface area contributed by atoms with Gasteiger partial charge in [-0.2, -0.15) is 5.26 Å². The van der Waals surface area contributed by atoms with Crippen molar-refractivity contribution in [3.05, 3.63) is 60.2 Å². The van der Waals surface area contributed by atoms with E-state index in [2.05, 4.69) is 12.1 Å². The van der Waals surface area contributed by atoms with Crippen LogP contribution in [0.5, 0.6) is 0 Å². The fraction of sp³-hybridized carbons (Fsp3) is 0.125. The molecule has 0 unspecified atom stereocenters. The van der Waals surface area contributed by atoms with Crippen LogP contribution in [0.2, 0.25) is 0 Å². The third-order valence-electron chi connectivity index (χ3n) is 2.74. The van der Waals surface area contributed by atoms with E-state index in [0.29, 0.717) is 6.42 Å². The number of hydrogen-bond donors (Lipinski definition) is 0. The lowest BCUT2D eigenvalue weighted by Gasteiger charge is -2.03. The quantitative estimate of drug-likeness (QED) is 0.815. The van der Waals surface area contributed by atoms with Gasteiger partial charge in [-0.15, -0.1) is 0 Å². The number of nitriles is 1. The minimum absolute atomic E-state index is 0.0135. The molecule has 0 aliphatic carbocycles. The van der Waals surface area contributed by atoms with Gasteiger partial charge in [0.25, 0.3) is 0 Å². The number of ketones is 1. The summed E-state index contributed by atoms with van der Waals surface area (Å²) < 4.78 is 0. The maximum Gasteiger partial charge on any atom is 0.151 e. The van der Waals surface area contributed by atoms with Gasteiger partial charge in [0.2, 0.25) is 0 Å². The average molecular weight is 235 g/mol. The standard InChI is InChI=1S/C16H13NO/c17-11-10-16(18)12-13-6-8-15(9-7-13)14-4-2-1-3-5-14/h1-9H,10,12H2. The van der Waals surface area contributed by atoms with E-state index < -0.39 is 0 Å². The molecule has 0 atom stereocenters. The van der Waals surface area contributed by atoms with E-state index in [4.69, 9.17) is 5.26 Å². The summed E-state index contributed by atoms with van der Waals surface area (Å²) in [5, 5.41) is 8.44. The van der Waals surface area contributed by atoms with Gasteiger partial charge >= 0.3 is 0 Å². The first kappa shape index (κ1) is 12.1. The summed E-state index contributed by atoms with van der Waals surface area (Å²) in [6, 6.07) is 19.9. The molecule has 88 valence electrons. The Bertz CT molecular complexity index is 564. The SMILES string of the molecule is N#CCC(=O)Cc1ccc(-c2ccccc2)cc1. The van der Waals surface area contributed by atoms with Crippen LogP contribution in [0.15, 0.2) is 54.6 Å². The first-order valence-electron chi connectivity index (χ1n) is 5.82. The lowest BCUT2D eigenvalue weighted by atomic mass is 10.0. The second kappa shape index (κ2) is 5.79. The molecule has 2 nitrogen and oxygen atoms in total. The molecule has 0 saturated heterocycles. The van der Waals surface area contributed by atoms with Gasteiger partial charge in [0.1, 0.15) is 0 Å². The molecule has 0 amide bonds. The van der Waals surface area contributed by atoms with Crippen LogP contribution < -0.4 is 0 Å². The summed E-state index contributed by atoms with van der Waals surface area (Å²) in [5.41, 5.74) is 3.24. The van der Waals surface area contributed by atoms with Crippen molar-refractivity contribution < 1.29 is 4.79 Å². The number of benzene rings is 2. The van der Waals surface area contributed by atoms with Crippen LogP contribution in [-0.4, -0.2) is 5.78 Å². The molecule has 0 aromatic heterocycles. The minimum atomic E-state index is -0.0371. The molecule has 2 rings (SSSR count). The minimum Gasteiger partial charge on any atom is -0.298 e. The smallest absolute Gasteiger partial charge is 0.151 e. The Morgan fingerprint density at radius 2 is 1.56 bits per heavy atom. The first-order chi connectivity index (χ1) is 8.79. The maximum atomic E-state index is 11.3. The molecule has 2 heteroatoms. The Morgan fingerprint density at radius 1 is 0.944 bits per heavy atom. The van der Waals surface area contributed by atoms with E-state index in [1.807, 2.05) is 48.5 Å². The lowest BCUT2D eigenvalue weighted by molar-refractivity contribution is -0.117. The summed E-state index contributed by atoms with van der Waals surface area (Å²) in [7, 11) is 0. The molecule has 0 radical (unpaired) electrons. The van der Waals surface area contributed by atoms with E-state index in [-0.39, 0.29) is 12.2 Å². The number of Topliss-reactive ketones (excluding diaryl/α,β-unsaturated/α-hetero) is 1. The first-order valence-corrected chi connectivity index (χ1v) is 5.82. The van der Waals surface area contributed by atoms with Crippen molar-refractivity contribution in [3.63, 3.8) is 0 Å². The van der Waals surface area contributed by atoms with Gasteiger partial charge in [0.05, 0.1) is 12.5 Å². The largest absolute Gasteiger partial charge is 0.298 e. The number of nitrogens with zero attached hydrogens (tertiary/aromatic N) is 1. The van der Waals surface area contributed by atoms with Gasteiger partial charge < -0.3 is 0 Å². The molecule has 0 aliphatic rings. The van der Waals surface area contributed by atoms with Gasteiger partial charge in [-0.3, -0.25) is 4.79 Å². The molecule has 2 aromatic rings. The second-order valence-corrected chi connectivity index (χ2v) is 4.11. The van der Waals surface area contributed by atoms with Crippen molar-refractivity contribution in [2.24, 2.45) is 0 Å². The highest BCUT2D eigenvalue weighted by Crippen LogP contribution is 2.19. The van der Waals surface area contributed by atoms with Gasteiger partial charge in [0, 0.05) is 6.42 Å². The molecular weight excluding hydrogens is 222 g/mol. The second-order valence-electron chi connectivity index (χ2n) is 4.11. The van der Waals surface area contributed by atoms with Crippen LogP contribution in [0.1, 0.15) is 12.0 Å². The molecule has 0 fully saturated rings. The molecule has 2 aromatic carbocycles. The summed E-state index contributed by atoms with van der Waals surface area (Å²) in [5.74, 6) is -0.0371. The molecule has 18 heavy (non-hydrogen) atoms. The van der Waals surface area contributed by atoms with Crippen molar-refractivity contribution >= 4 is 5.78 Å². The monoisotopic (exact) mass is 235 g/mol. The van der Waals surface area contributed by atoms with E-state index >= 15 is 0 Å². The van der Waals surface area contributed by atoms with E-state index in [1.54, 1.807) is 0 Å². The molecule has 0 bridgehead atoms. The van der Waals surface area contributed by atoms with Crippen molar-refractivity contribution in [1.82, 2.24) is 0 Å². The van der Waals surface area contributed by atoms with E-state index in [0.717, 1.165) is 16.7 Å². The van der Waals surface area contributed by atoms with E-state index in [1.165, 1.54) is 0 Å². The van der Waals surface area contributed by atoms with Gasteiger partial charge in [-0.05, 0) is 16.7 Å². The van der Waals surface area contributed by atoms with Gasteiger partial charge in [-0.25, -0.2) is 0 Å². The fourth-order valence-electron chi connectivity index (χ4n) is 1.82. The number of carbonyl (C=O) groups excluding carboxylic acids is 1. The molecule has 0 aliphatic heterocycles. The van der Waals surface area contributed by atoms with E-state index in [9.17, 15) is 4.79 Å². The Kier molecular flexibility index (Phi) is 3.88. The highest BCUT2D eigenvalue weighted by atomic mass is 16.1. The average Bonchev–Trinajstić information content (AvgIpc) is 2.41. The van der Waals surface area contributed by atoms with Crippen molar-refractivity contribution in [3.8, 4) is 17.2 Å². The van der Waals surface area contributed by atoms with Gasteiger partial charge in [-0.1, -0.05) is 54.6 Å². The van der Waals surface area contributed by atoms with Crippen LogP contribution >= 0.6 is 0 Å². The van der Waals surface area contributed by atoms with Crippen LogP contribution in [-0.2, 0) is 11.2 Å². The van der Waals surface area contributed by atoms with Crippen LogP contribution in [0.3, 0.4) is 0 Å². The Morgan fingerprint density at radius 3 is 2.17 bits per heavy atom. The Balaban J connectivity index is 2.11. The lowest BCUT2D eigenvalue weighted by Crippen LogP contribution is -2.00. The molecule has 0 N–H and O–H groups in total. The third-order valence-corrected chi connectivity index (χ3v) is 2.74. The van der Waals surface area contributed by atoms with Gasteiger partial charge in [0.15, 0.2) is 5.78 Å². The predicted molar refractivity (Wildman–Crippen MR) is 70.8 cm³/mol. The number of carbonyl (C=O) groups is 1.